The lowest BCUT2D eigenvalue weighted by atomic mass is 10.1. The van der Waals surface area contributed by atoms with Crippen molar-refractivity contribution in [2.24, 2.45) is 0 Å². The molecule has 0 aliphatic rings. The fourth-order valence-corrected chi connectivity index (χ4v) is 1.72. The number of aryl methyl sites for hydroxylation is 2. The first-order valence-electron chi connectivity index (χ1n) is 8.59. The van der Waals surface area contributed by atoms with Crippen LogP contribution >= 0.6 is 0 Å². The number of hydrogen-bond acceptors (Lipinski definition) is 3. The van der Waals surface area contributed by atoms with Crippen LogP contribution < -0.4 is 4.90 Å². The van der Waals surface area contributed by atoms with Gasteiger partial charge in [0.1, 0.15) is 6.67 Å². The Morgan fingerprint density at radius 3 is 2.55 bits per heavy atom. The quantitative estimate of drug-likeness (QED) is 0.865. The van der Waals surface area contributed by atoms with Gasteiger partial charge in [-0.25, -0.2) is 4.79 Å². The van der Waals surface area contributed by atoms with E-state index in [1.54, 1.807) is 0 Å². The largest absolute Gasteiger partial charge is 0.474 e. The van der Waals surface area contributed by atoms with E-state index in [1.165, 1.54) is 29.2 Å². The highest BCUT2D eigenvalue weighted by atomic mass is 16.4. The minimum absolute atomic E-state index is 0.437. The van der Waals surface area contributed by atoms with Gasteiger partial charge in [0.05, 0.1) is 5.69 Å². The number of aliphatic carboxylic acids is 1. The number of aromatic nitrogens is 2. The molecule has 0 radical (unpaired) electrons. The molecular formula is C14H15N3O3. The summed E-state index contributed by atoms with van der Waals surface area (Å²) in [4.78, 5) is 24.1. The molecule has 0 bridgehead atoms. The average molecular weight is 279 g/mol. The molecule has 6 heteroatoms. The van der Waals surface area contributed by atoms with Gasteiger partial charge in [0, 0.05) is 20.6 Å². The van der Waals surface area contributed by atoms with Crippen molar-refractivity contribution < 1.29 is 22.9 Å². The first-order chi connectivity index (χ1) is 11.9. The number of anilines is 1. The second-order valence-electron chi connectivity index (χ2n) is 3.93. The van der Waals surface area contributed by atoms with Gasteiger partial charge < -0.3 is 5.11 Å². The molecular weight excluding hydrogens is 258 g/mol. The van der Waals surface area contributed by atoms with Crippen molar-refractivity contribution in [2.45, 2.75) is 20.4 Å². The van der Waals surface area contributed by atoms with Gasteiger partial charge in [0.2, 0.25) is 0 Å². The van der Waals surface area contributed by atoms with E-state index in [2.05, 4.69) is 5.10 Å². The van der Waals surface area contributed by atoms with Gasteiger partial charge in [-0.1, -0.05) is 18.2 Å². The zero-order valence-corrected chi connectivity index (χ0v) is 10.3. The molecule has 1 aromatic heterocycles. The molecule has 1 heterocycles. The van der Waals surface area contributed by atoms with Crippen molar-refractivity contribution in [3.8, 4) is 0 Å². The minimum Gasteiger partial charge on any atom is -0.474 e. The van der Waals surface area contributed by atoms with Crippen molar-refractivity contribution in [3.05, 3.63) is 47.8 Å². The maximum atomic E-state index is 12.2. The van der Waals surface area contributed by atoms with Gasteiger partial charge >= 0.3 is 11.9 Å². The van der Waals surface area contributed by atoms with Crippen LogP contribution in [0.2, 0.25) is 0 Å². The fourth-order valence-electron chi connectivity index (χ4n) is 1.72. The van der Waals surface area contributed by atoms with Gasteiger partial charge in [-0.05, 0) is 30.9 Å². The molecule has 1 N–H and O–H groups in total. The number of amides is 1. The molecule has 6 nitrogen and oxygen atoms in total. The molecule has 2 aromatic rings. The fraction of sp³-hybridized carbons (Fsp3) is 0.214. The van der Waals surface area contributed by atoms with Gasteiger partial charge in [0.15, 0.2) is 0 Å². The van der Waals surface area contributed by atoms with E-state index in [1.807, 2.05) is 0 Å². The number of carbonyl (C=O) groups is 2. The summed E-state index contributed by atoms with van der Waals surface area (Å²) in [6.45, 7) is -6.00. The molecule has 0 saturated heterocycles. The van der Waals surface area contributed by atoms with Gasteiger partial charge in [-0.15, -0.1) is 0 Å². The Kier molecular flexibility index (Phi) is 2.18. The van der Waals surface area contributed by atoms with Gasteiger partial charge in [-0.2, -0.15) is 5.10 Å². The maximum Gasteiger partial charge on any atom is 0.395 e. The summed E-state index contributed by atoms with van der Waals surface area (Å²) in [6.07, 6.45) is 2.80. The highest BCUT2D eigenvalue weighted by Crippen LogP contribution is 2.25. The number of carboxylic acids is 1. The van der Waals surface area contributed by atoms with Crippen LogP contribution in [0.4, 0.5) is 5.69 Å². The minimum atomic E-state index is -2.77. The Hall–Kier alpha value is -2.63. The summed E-state index contributed by atoms with van der Waals surface area (Å²) in [7, 11) is 0. The third-order valence-corrected chi connectivity index (χ3v) is 2.58. The Morgan fingerprint density at radius 2 is 2.05 bits per heavy atom. The van der Waals surface area contributed by atoms with E-state index in [-0.39, 0.29) is 0 Å². The zero-order chi connectivity index (χ0) is 19.7. The first kappa shape index (κ1) is 7.84. The van der Waals surface area contributed by atoms with Gasteiger partial charge in [0.25, 0.3) is 0 Å². The normalized spacial score (nSPS) is 16.0. The summed E-state index contributed by atoms with van der Waals surface area (Å²) >= 11 is 0. The topological polar surface area (TPSA) is 75.4 Å². The molecule has 2 rings (SSSR count). The monoisotopic (exact) mass is 279 g/mol. The van der Waals surface area contributed by atoms with E-state index >= 15 is 0 Å². The van der Waals surface area contributed by atoms with Crippen LogP contribution in [-0.4, -0.2) is 26.8 Å². The van der Waals surface area contributed by atoms with Crippen LogP contribution in [0.3, 0.4) is 0 Å². The van der Waals surface area contributed by atoms with Crippen molar-refractivity contribution in [3.63, 3.8) is 0 Å². The molecule has 0 fully saturated rings. The second kappa shape index (κ2) is 5.56. The molecule has 1 aromatic carbocycles. The third-order valence-electron chi connectivity index (χ3n) is 2.58. The predicted octanol–water partition coefficient (Wildman–Crippen LogP) is 1.58. The summed E-state index contributed by atoms with van der Waals surface area (Å²) in [5, 5.41) is 13.0. The summed E-state index contributed by atoms with van der Waals surface area (Å²) in [5.41, 5.74) is -1.35. The van der Waals surface area contributed by atoms with Crippen LogP contribution in [0.15, 0.2) is 36.7 Å². The SMILES string of the molecule is [2H]C([2H])([2H])c1cccc(C([2H])([2H])[2H])c1N(Cn1cccn1)C(=O)C(=O)O. The molecule has 0 aliphatic heterocycles. The summed E-state index contributed by atoms with van der Waals surface area (Å²) in [5.74, 6) is -3.32. The highest BCUT2D eigenvalue weighted by Gasteiger charge is 2.25. The van der Waals surface area contributed by atoms with Crippen molar-refractivity contribution in [2.75, 3.05) is 4.90 Å². The van der Waals surface area contributed by atoms with E-state index in [0.717, 1.165) is 12.1 Å². The summed E-state index contributed by atoms with van der Waals surface area (Å²) in [6, 6.07) is 5.04. The number of para-hydroxylation sites is 1. The Labute approximate surface area is 124 Å². The highest BCUT2D eigenvalue weighted by molar-refractivity contribution is 6.37. The molecule has 0 atom stereocenters. The van der Waals surface area contributed by atoms with E-state index in [4.69, 9.17) is 13.3 Å². The maximum absolute atomic E-state index is 12.2. The third kappa shape index (κ3) is 2.69. The smallest absolute Gasteiger partial charge is 0.395 e. The number of carboxylic acid groups (broad SMARTS) is 1. The molecule has 1 amide bonds. The van der Waals surface area contributed by atoms with Crippen LogP contribution in [0, 0.1) is 13.7 Å². The molecule has 0 saturated carbocycles. The lowest BCUT2D eigenvalue weighted by Gasteiger charge is -2.24. The van der Waals surface area contributed by atoms with Crippen LogP contribution in [0.5, 0.6) is 0 Å². The lowest BCUT2D eigenvalue weighted by molar-refractivity contribution is -0.149. The molecule has 0 unspecified atom stereocenters. The van der Waals surface area contributed by atoms with Crippen molar-refractivity contribution in [1.29, 1.82) is 0 Å². The van der Waals surface area contributed by atoms with Crippen molar-refractivity contribution in [1.82, 2.24) is 9.78 Å². The standard InChI is InChI=1S/C14H15N3O3/c1-10-5-3-6-11(2)12(10)17(13(18)14(19)20)9-16-8-4-7-15-16/h3-8H,9H2,1-2H3,(H,19,20)/i1D3,2D3. The number of nitrogens with zero attached hydrogens (tertiary/aromatic N) is 3. The predicted molar refractivity (Wildman–Crippen MR) is 73.3 cm³/mol. The van der Waals surface area contributed by atoms with E-state index in [0.29, 0.717) is 4.90 Å². The molecule has 20 heavy (non-hydrogen) atoms. The zero-order valence-electron chi connectivity index (χ0n) is 16.3. The van der Waals surface area contributed by atoms with Crippen LogP contribution in [0.1, 0.15) is 19.4 Å². The van der Waals surface area contributed by atoms with E-state index in [9.17, 15) is 9.59 Å². The second-order valence-corrected chi connectivity index (χ2v) is 3.93. The number of rotatable bonds is 3. The lowest BCUT2D eigenvalue weighted by Crippen LogP contribution is -2.39. The number of carbonyl (C=O) groups excluding carboxylic acids is 1. The summed E-state index contributed by atoms with van der Waals surface area (Å²) < 4.78 is 47.1. The van der Waals surface area contributed by atoms with Gasteiger partial charge in [-0.3, -0.25) is 14.4 Å². The number of hydrogen-bond donors (Lipinski definition) is 1. The average Bonchev–Trinajstić information content (AvgIpc) is 3.02. The molecule has 104 valence electrons. The Morgan fingerprint density at radius 1 is 1.35 bits per heavy atom. The Bertz CT molecular complexity index is 782. The van der Waals surface area contributed by atoms with Crippen LogP contribution in [-0.2, 0) is 16.3 Å². The Balaban J connectivity index is 2.76. The first-order valence-corrected chi connectivity index (χ1v) is 5.59. The van der Waals surface area contributed by atoms with Crippen LogP contribution in [0.25, 0.3) is 0 Å². The van der Waals surface area contributed by atoms with Crippen molar-refractivity contribution >= 4 is 17.6 Å². The molecule has 0 aliphatic carbocycles. The van der Waals surface area contributed by atoms with E-state index < -0.39 is 49.1 Å². The number of benzene rings is 1. The molecule has 0 spiro atoms.